The predicted octanol–water partition coefficient (Wildman–Crippen LogP) is -12.0. The average molecular weight is 2010 g/mol. The number of hydrogen-bond donors (Lipinski definition) is 29. The zero-order valence-corrected chi connectivity index (χ0v) is 81.4. The van der Waals surface area contributed by atoms with Gasteiger partial charge in [0.2, 0.25) is 130 Å². The molecule has 56 heteroatoms. The summed E-state index contributed by atoms with van der Waals surface area (Å²) in [6, 6.07) is -30.6. The van der Waals surface area contributed by atoms with Gasteiger partial charge in [-0.1, -0.05) is 116 Å². The highest BCUT2D eigenvalue weighted by Crippen LogP contribution is 2.21. The topological polar surface area (TPSA) is 909 Å². The molecule has 1 aliphatic rings. The van der Waals surface area contributed by atoms with Crippen LogP contribution in [0.2, 0.25) is 0 Å². The van der Waals surface area contributed by atoms with Crippen LogP contribution in [0.5, 0.6) is 0 Å². The minimum absolute atomic E-state index is 0.0353. The number of rotatable bonds is 65. The van der Waals surface area contributed by atoms with E-state index in [2.05, 4.69) is 95.7 Å². The normalized spacial score (nSPS) is 16.5. The fraction of sp³-hybridized carbons (Fsp3) is 0.694. The van der Waals surface area contributed by atoms with Crippen molar-refractivity contribution in [3.63, 3.8) is 0 Å². The summed E-state index contributed by atoms with van der Waals surface area (Å²) >= 11 is 0. The number of carboxylic acid groups (broad SMARTS) is 4. The quantitative estimate of drug-likeness (QED) is 0.0269. The maximum atomic E-state index is 14.1. The molecule has 0 spiro atoms. The second kappa shape index (κ2) is 61.5. The van der Waals surface area contributed by atoms with Gasteiger partial charge in [-0.15, -0.1) is 0 Å². The Labute approximate surface area is 811 Å². The van der Waals surface area contributed by atoms with Gasteiger partial charge < -0.3 is 159 Å². The summed E-state index contributed by atoms with van der Waals surface area (Å²) < 4.78 is 0. The van der Waals surface area contributed by atoms with Crippen LogP contribution in [0.1, 0.15) is 187 Å². The van der Waals surface area contributed by atoms with Gasteiger partial charge in [0.05, 0.1) is 65.0 Å². The van der Waals surface area contributed by atoms with Crippen LogP contribution >= 0.6 is 0 Å². The third kappa shape index (κ3) is 43.6. The van der Waals surface area contributed by atoms with Gasteiger partial charge in [0.15, 0.2) is 0 Å². The monoisotopic (exact) mass is 2010 g/mol. The minimum Gasteiger partial charge on any atom is -0.481 e. The molecule has 0 bridgehead atoms. The number of nitrogens with two attached hydrogens (primary N) is 4. The fourth-order valence-electron chi connectivity index (χ4n) is 13.7. The second-order valence-electron chi connectivity index (χ2n) is 35.6. The molecule has 1 rings (SSSR count). The molecular weight excluding hydrogens is 1870 g/mol. The number of carbonyl (C=O) groups excluding carboxylic acids is 22. The molecule has 22 amide bonds. The van der Waals surface area contributed by atoms with Gasteiger partial charge in [-0.05, 0) is 74.0 Å². The van der Waals surface area contributed by atoms with Crippen molar-refractivity contribution in [3.05, 3.63) is 0 Å². The first kappa shape index (κ1) is 125. The molecule has 1 fully saturated rings. The summed E-state index contributed by atoms with van der Waals surface area (Å²) in [5.74, 6) is -36.9. The van der Waals surface area contributed by atoms with Crippen molar-refractivity contribution in [3.8, 4) is 0 Å². The summed E-state index contributed by atoms with van der Waals surface area (Å²) in [5.41, 5.74) is 21.7. The van der Waals surface area contributed by atoms with Crippen molar-refractivity contribution < 1.29 is 160 Å². The zero-order chi connectivity index (χ0) is 108. The number of aliphatic hydroxyl groups excluding tert-OH is 3. The maximum Gasteiger partial charge on any atom is 0.326 e. The highest BCUT2D eigenvalue weighted by molar-refractivity contribution is 6.04. The van der Waals surface area contributed by atoms with Gasteiger partial charge in [0.25, 0.3) is 0 Å². The molecule has 1 saturated heterocycles. The van der Waals surface area contributed by atoms with Crippen LogP contribution in [0, 0.1) is 41.4 Å². The van der Waals surface area contributed by atoms with E-state index in [-0.39, 0.29) is 38.6 Å². The standard InChI is InChI=1S/C85H141N23O33/c1-16-39(12)65(81(136)98-46(25-55(88)113)71(126)92-42(15)68(123)100-52(34-111)76(131)104-64(38(10)11)80(135)105-63(37(8)9)79(134)97-47(26-56(89)114)73(128)106-66(40(13)17-2)82(137)94-44(85(140)141)21-22-54(87)112)102-58(116)31-91-70(125)51(33-110)101-83(138)67(41(14)18-3)107-74(129)48(27-59(117)118)93-57(115)30-90-69(124)45(24-35(4)5)95-72(127)49(28-60(119)120)99-78(133)62(36(6)7)103-75(130)50(29-61(121)122)96-77(132)53-20-19-23-108(53)84(139)43(86)32-109/h35-53,62-67,109-111H,16-34,86H2,1-15H3,(H2,87,112)(H2,88,113)(H2,89,114)(H,90,124)(H,91,125)(H,92,126)(H,93,115)(H,94,137)(H,95,127)(H,96,132)(H,97,134)(H,98,136)(H,99,133)(H,100,123)(H,101,138)(H,102,116)(H,103,130)(H,104,131)(H,105,135)(H,106,128)(H,107,129)(H,117,118)(H,119,120)(H,121,122)(H,140,141)/t39-,40-,41-,42-,43-,44-,45-,46-,47-,48-,49-,50-,51-,52-,53-,62-,63-,64-,65-,66-,67-/m0/s1. The van der Waals surface area contributed by atoms with Crippen molar-refractivity contribution >= 4 is 154 Å². The number of carbonyl (C=O) groups is 26. The molecular formula is C85H141N23O33. The molecule has 0 unspecified atom stereocenters. The van der Waals surface area contributed by atoms with Crippen molar-refractivity contribution in [2.75, 3.05) is 39.5 Å². The molecule has 0 radical (unpaired) electrons. The van der Waals surface area contributed by atoms with Crippen LogP contribution in [0.4, 0.5) is 0 Å². The lowest BCUT2D eigenvalue weighted by Gasteiger charge is -2.30. The van der Waals surface area contributed by atoms with E-state index in [0.717, 1.165) is 11.8 Å². The number of nitrogens with one attached hydrogen (secondary N) is 18. The number of aliphatic hydroxyl groups is 3. The van der Waals surface area contributed by atoms with Gasteiger partial charge in [-0.3, -0.25) is 120 Å². The Morgan fingerprint density at radius 2 is 0.631 bits per heavy atom. The number of carboxylic acids is 4. The average Bonchev–Trinajstić information content (AvgIpc) is 1.61. The lowest BCUT2D eigenvalue weighted by atomic mass is 9.96. The summed E-state index contributed by atoms with van der Waals surface area (Å²) in [6.45, 7) is 16.9. The number of aliphatic carboxylic acids is 4. The smallest absolute Gasteiger partial charge is 0.326 e. The molecule has 1 aliphatic heterocycles. The molecule has 21 atom stereocenters. The Morgan fingerprint density at radius 3 is 1.00 bits per heavy atom. The van der Waals surface area contributed by atoms with Crippen LogP contribution in [0.15, 0.2) is 0 Å². The fourth-order valence-corrected chi connectivity index (χ4v) is 13.7. The first-order valence-electron chi connectivity index (χ1n) is 45.7. The van der Waals surface area contributed by atoms with Gasteiger partial charge in [-0.2, -0.15) is 0 Å². The third-order valence-corrected chi connectivity index (χ3v) is 22.5. The Hall–Kier alpha value is -13.9. The van der Waals surface area contributed by atoms with Crippen LogP contribution in [-0.2, 0) is 125 Å². The van der Waals surface area contributed by atoms with Gasteiger partial charge in [-0.25, -0.2) is 4.79 Å². The summed E-state index contributed by atoms with van der Waals surface area (Å²) in [5, 5.41) is 110. The van der Waals surface area contributed by atoms with E-state index in [1.54, 1.807) is 34.6 Å². The molecule has 0 aliphatic carbocycles. The number of likely N-dealkylation sites (tertiary alicyclic amines) is 1. The second-order valence-corrected chi connectivity index (χ2v) is 35.6. The largest absolute Gasteiger partial charge is 0.481 e. The first-order chi connectivity index (χ1) is 65.6. The third-order valence-electron chi connectivity index (χ3n) is 22.5. The van der Waals surface area contributed by atoms with E-state index in [9.17, 15) is 160 Å². The molecule has 794 valence electrons. The van der Waals surface area contributed by atoms with Crippen molar-refractivity contribution in [1.82, 2.24) is 101 Å². The molecule has 56 nitrogen and oxygen atoms in total. The van der Waals surface area contributed by atoms with Crippen LogP contribution < -0.4 is 119 Å². The van der Waals surface area contributed by atoms with Crippen LogP contribution in [0.3, 0.4) is 0 Å². The van der Waals surface area contributed by atoms with Gasteiger partial charge in [0, 0.05) is 13.0 Å². The molecule has 33 N–H and O–H groups in total. The van der Waals surface area contributed by atoms with E-state index in [0.29, 0.717) is 6.42 Å². The molecule has 0 aromatic carbocycles. The van der Waals surface area contributed by atoms with E-state index in [1.165, 1.54) is 62.3 Å². The minimum atomic E-state index is -2.04. The predicted molar refractivity (Wildman–Crippen MR) is 489 cm³/mol. The summed E-state index contributed by atoms with van der Waals surface area (Å²) in [6.07, 6.45) is -5.47. The van der Waals surface area contributed by atoms with Gasteiger partial charge in [0.1, 0.15) is 109 Å². The highest BCUT2D eigenvalue weighted by atomic mass is 16.4. The SMILES string of the molecule is CC[C@H](C)[C@H](NC(=O)CNC(=O)[C@H](CO)NC(=O)[C@@H](NC(=O)[C@H](CC(=O)O)NC(=O)CNC(=O)[C@H](CC(C)C)NC(=O)[C@H](CC(=O)O)NC(=O)[C@@H](NC(=O)[C@H](CC(=O)O)NC(=O)[C@@H]1CCCN1C(=O)[C@@H](N)CO)C(C)C)[C@@H](C)CC)C(=O)N[C@@H](CC(N)=O)C(=O)N[C@@H](C)C(=O)N[C@@H](CO)C(=O)N[C@H](C(=O)N[C@H](C(=O)N[C@@H](CC(N)=O)C(=O)N[C@H](C(=O)N[C@@H](CCC(N)=O)C(=O)O)[C@@H](C)CC)C(C)C)C(C)C. The van der Waals surface area contributed by atoms with E-state index in [1.807, 2.05) is 0 Å². The van der Waals surface area contributed by atoms with Gasteiger partial charge >= 0.3 is 23.9 Å². The first-order valence-corrected chi connectivity index (χ1v) is 45.7. The molecule has 0 aromatic heterocycles. The summed E-state index contributed by atoms with van der Waals surface area (Å²) in [4.78, 5) is 346. The lowest BCUT2D eigenvalue weighted by Crippen LogP contribution is -2.62. The van der Waals surface area contributed by atoms with Crippen molar-refractivity contribution in [1.29, 1.82) is 0 Å². The Kier molecular flexibility index (Phi) is 54.5. The zero-order valence-electron chi connectivity index (χ0n) is 81.4. The molecule has 0 aromatic rings. The number of hydrogen-bond acceptors (Lipinski definition) is 30. The number of amides is 22. The van der Waals surface area contributed by atoms with E-state index < -0.39 is 382 Å². The Bertz CT molecular complexity index is 4460. The lowest BCUT2D eigenvalue weighted by molar-refractivity contribution is -0.144. The molecule has 141 heavy (non-hydrogen) atoms. The van der Waals surface area contributed by atoms with Crippen molar-refractivity contribution in [2.24, 2.45) is 64.4 Å². The summed E-state index contributed by atoms with van der Waals surface area (Å²) in [7, 11) is 0. The highest BCUT2D eigenvalue weighted by Gasteiger charge is 2.44. The van der Waals surface area contributed by atoms with Crippen molar-refractivity contribution in [2.45, 2.75) is 296 Å². The van der Waals surface area contributed by atoms with E-state index in [4.69, 9.17) is 22.9 Å². The Balaban J connectivity index is 3.30. The van der Waals surface area contributed by atoms with Crippen LogP contribution in [0.25, 0.3) is 0 Å². The van der Waals surface area contributed by atoms with Crippen LogP contribution in [-0.4, -0.2) is 343 Å². The Morgan fingerprint density at radius 1 is 0.326 bits per heavy atom. The number of nitrogens with zero attached hydrogens (tertiary/aromatic N) is 1. The van der Waals surface area contributed by atoms with E-state index >= 15 is 0 Å². The molecule has 0 saturated carbocycles. The number of primary amides is 3. The maximum absolute atomic E-state index is 14.1. The molecule has 1 heterocycles.